The van der Waals surface area contributed by atoms with E-state index in [1.165, 1.54) is 19.2 Å². The van der Waals surface area contributed by atoms with Gasteiger partial charge in [-0.1, -0.05) is 24.3 Å². The Hall–Kier alpha value is -4.66. The molecule has 1 amide bonds. The number of methoxy groups -OCH3 is 1. The second-order valence-electron chi connectivity index (χ2n) is 9.08. The number of fused-ring (bicyclic) bond motifs is 1. The van der Waals surface area contributed by atoms with Crippen LogP contribution in [0.3, 0.4) is 0 Å². The number of carbonyl (C=O) groups is 1. The molecule has 1 heterocycles. The number of hydrogen-bond donors (Lipinski definition) is 3. The lowest BCUT2D eigenvalue weighted by molar-refractivity contribution is -0.121. The van der Waals surface area contributed by atoms with Crippen molar-refractivity contribution in [3.05, 3.63) is 87.8 Å². The monoisotopic (exact) mass is 547 g/mol. The van der Waals surface area contributed by atoms with E-state index in [9.17, 15) is 19.8 Å². The molecular weight excluding hydrogens is 514 g/mol. The van der Waals surface area contributed by atoms with Gasteiger partial charge in [-0.15, -0.1) is 0 Å². The Balaban J connectivity index is 1.57. The van der Waals surface area contributed by atoms with Gasteiger partial charge in [0.25, 0.3) is 0 Å². The Labute approximate surface area is 231 Å². The molecular formula is C31H33NO8. The Morgan fingerprint density at radius 3 is 2.40 bits per heavy atom. The van der Waals surface area contributed by atoms with Crippen molar-refractivity contribution < 1.29 is 33.6 Å². The molecule has 0 fully saturated rings. The van der Waals surface area contributed by atoms with E-state index in [1.54, 1.807) is 30.3 Å². The number of phenols is 1. The van der Waals surface area contributed by atoms with Gasteiger partial charge < -0.3 is 34.2 Å². The van der Waals surface area contributed by atoms with E-state index in [0.717, 1.165) is 5.56 Å². The molecule has 0 radical (unpaired) electrons. The van der Waals surface area contributed by atoms with Crippen LogP contribution in [-0.2, 0) is 11.2 Å². The summed E-state index contributed by atoms with van der Waals surface area (Å²) in [7, 11) is 1.42. The number of hydrogen-bond acceptors (Lipinski definition) is 8. The maximum atomic E-state index is 13.1. The molecule has 4 rings (SSSR count). The lowest BCUT2D eigenvalue weighted by Crippen LogP contribution is -2.28. The van der Waals surface area contributed by atoms with Gasteiger partial charge in [0.2, 0.25) is 5.91 Å². The Morgan fingerprint density at radius 2 is 1.68 bits per heavy atom. The number of amides is 1. The summed E-state index contributed by atoms with van der Waals surface area (Å²) in [5, 5.41) is 24.7. The van der Waals surface area contributed by atoms with E-state index in [4.69, 9.17) is 18.6 Å². The van der Waals surface area contributed by atoms with Crippen molar-refractivity contribution in [3.8, 4) is 28.7 Å². The zero-order valence-corrected chi connectivity index (χ0v) is 22.7. The van der Waals surface area contributed by atoms with Crippen LogP contribution >= 0.6 is 0 Å². The number of para-hydroxylation sites is 1. The molecule has 0 bridgehead atoms. The Kier molecular flexibility index (Phi) is 9.16. The van der Waals surface area contributed by atoms with E-state index in [-0.39, 0.29) is 40.7 Å². The largest absolute Gasteiger partial charge is 0.507 e. The van der Waals surface area contributed by atoms with E-state index < -0.39 is 11.5 Å². The van der Waals surface area contributed by atoms with Crippen molar-refractivity contribution in [2.45, 2.75) is 32.6 Å². The summed E-state index contributed by atoms with van der Waals surface area (Å²) in [5.41, 5.74) is 0.806. The Morgan fingerprint density at radius 1 is 0.950 bits per heavy atom. The summed E-state index contributed by atoms with van der Waals surface area (Å²) >= 11 is 0. The zero-order chi connectivity index (χ0) is 28.6. The van der Waals surface area contributed by atoms with Crippen LogP contribution in [-0.4, -0.2) is 43.0 Å². The highest BCUT2D eigenvalue weighted by atomic mass is 16.5. The molecule has 1 atom stereocenters. The normalized spacial score (nSPS) is 11.7. The molecule has 0 aliphatic rings. The fourth-order valence-electron chi connectivity index (χ4n) is 4.62. The van der Waals surface area contributed by atoms with Crippen molar-refractivity contribution >= 4 is 16.9 Å². The van der Waals surface area contributed by atoms with Crippen LogP contribution in [0.15, 0.2) is 69.9 Å². The lowest BCUT2D eigenvalue weighted by atomic mass is 9.87. The summed E-state index contributed by atoms with van der Waals surface area (Å²) < 4.78 is 21.9. The standard InChI is InChI=1S/C31H33NO8/c1-4-38-26-12-10-19(16-27(26)39-5-2)14-15-32-28(34)18-22(20-11-13-25(37-3)23(33)17-20)29-30(35)21-8-6-7-9-24(21)40-31(29)36/h6-13,16-17,22,33,35H,4-5,14-15,18H2,1-3H3,(H,32,34)/t22-/m0/s1. The molecule has 0 aliphatic heterocycles. The summed E-state index contributed by atoms with van der Waals surface area (Å²) in [6.45, 7) is 5.15. The molecule has 3 N–H and O–H groups in total. The summed E-state index contributed by atoms with van der Waals surface area (Å²) in [5.74, 6) is -0.115. The number of aromatic hydroxyl groups is 2. The third-order valence-electron chi connectivity index (χ3n) is 6.51. The molecule has 0 unspecified atom stereocenters. The summed E-state index contributed by atoms with van der Waals surface area (Å²) in [4.78, 5) is 26.2. The number of rotatable bonds is 12. The fourth-order valence-corrected chi connectivity index (χ4v) is 4.62. The fraction of sp³-hybridized carbons (Fsp3) is 0.290. The molecule has 1 aromatic heterocycles. The van der Waals surface area contributed by atoms with Crippen LogP contribution in [0.5, 0.6) is 28.7 Å². The second-order valence-corrected chi connectivity index (χ2v) is 9.08. The average molecular weight is 548 g/mol. The zero-order valence-electron chi connectivity index (χ0n) is 22.7. The van der Waals surface area contributed by atoms with Crippen molar-refractivity contribution in [2.75, 3.05) is 26.9 Å². The van der Waals surface area contributed by atoms with E-state index >= 15 is 0 Å². The minimum atomic E-state index is -0.896. The third kappa shape index (κ3) is 6.31. The van der Waals surface area contributed by atoms with Gasteiger partial charge in [-0.2, -0.15) is 0 Å². The van der Waals surface area contributed by atoms with Crippen LogP contribution < -0.4 is 25.2 Å². The van der Waals surface area contributed by atoms with Gasteiger partial charge in [-0.05, 0) is 67.8 Å². The van der Waals surface area contributed by atoms with Crippen LogP contribution in [0, 0.1) is 0 Å². The maximum Gasteiger partial charge on any atom is 0.343 e. The predicted molar refractivity (Wildman–Crippen MR) is 151 cm³/mol. The first kappa shape index (κ1) is 28.4. The van der Waals surface area contributed by atoms with E-state index in [2.05, 4.69) is 5.32 Å². The number of carbonyl (C=O) groups excluding carboxylic acids is 1. The smallest absolute Gasteiger partial charge is 0.343 e. The molecule has 0 saturated carbocycles. The van der Waals surface area contributed by atoms with E-state index in [0.29, 0.717) is 48.6 Å². The van der Waals surface area contributed by atoms with E-state index in [1.807, 2.05) is 32.0 Å². The molecule has 210 valence electrons. The van der Waals surface area contributed by atoms with Gasteiger partial charge in [0.1, 0.15) is 11.3 Å². The molecule has 0 aliphatic carbocycles. The molecule has 40 heavy (non-hydrogen) atoms. The van der Waals surface area contributed by atoms with Gasteiger partial charge in [0, 0.05) is 18.9 Å². The quantitative estimate of drug-likeness (QED) is 0.214. The minimum absolute atomic E-state index is 0.0636. The van der Waals surface area contributed by atoms with Crippen molar-refractivity contribution in [2.24, 2.45) is 0 Å². The van der Waals surface area contributed by atoms with Crippen LogP contribution in [0.25, 0.3) is 11.0 Å². The summed E-state index contributed by atoms with van der Waals surface area (Å²) in [6, 6.07) is 16.9. The highest BCUT2D eigenvalue weighted by molar-refractivity contribution is 5.85. The molecule has 3 aromatic carbocycles. The maximum absolute atomic E-state index is 13.1. The van der Waals surface area contributed by atoms with Gasteiger partial charge in [0.05, 0.1) is 31.3 Å². The van der Waals surface area contributed by atoms with Crippen LogP contribution in [0.4, 0.5) is 0 Å². The average Bonchev–Trinajstić information content (AvgIpc) is 2.94. The first-order valence-corrected chi connectivity index (χ1v) is 13.1. The van der Waals surface area contributed by atoms with Gasteiger partial charge >= 0.3 is 5.63 Å². The minimum Gasteiger partial charge on any atom is -0.507 e. The number of benzene rings is 3. The number of nitrogens with one attached hydrogen (secondary N) is 1. The van der Waals surface area contributed by atoms with Crippen molar-refractivity contribution in [3.63, 3.8) is 0 Å². The third-order valence-corrected chi connectivity index (χ3v) is 6.51. The first-order chi connectivity index (χ1) is 19.4. The number of ether oxygens (including phenoxy) is 3. The SMILES string of the molecule is CCOc1ccc(CCNC(=O)C[C@@H](c2ccc(OC)c(O)c2)c2c(O)c3ccccc3oc2=O)cc1OCC. The molecule has 4 aromatic rings. The highest BCUT2D eigenvalue weighted by Gasteiger charge is 2.28. The van der Waals surface area contributed by atoms with Crippen LogP contribution in [0.2, 0.25) is 0 Å². The van der Waals surface area contributed by atoms with Crippen molar-refractivity contribution in [1.82, 2.24) is 5.32 Å². The lowest BCUT2D eigenvalue weighted by Gasteiger charge is -2.19. The topological polar surface area (TPSA) is 127 Å². The Bertz CT molecular complexity index is 1540. The molecule has 9 heteroatoms. The molecule has 0 spiro atoms. The molecule has 9 nitrogen and oxygen atoms in total. The number of phenolic OH excluding ortho intramolecular Hbond substituents is 1. The van der Waals surface area contributed by atoms with Crippen molar-refractivity contribution in [1.29, 1.82) is 0 Å². The van der Waals surface area contributed by atoms with Gasteiger partial charge in [0.15, 0.2) is 23.0 Å². The first-order valence-electron chi connectivity index (χ1n) is 13.1. The molecule has 0 saturated heterocycles. The second kappa shape index (κ2) is 12.9. The van der Waals surface area contributed by atoms with Gasteiger partial charge in [-0.25, -0.2) is 4.79 Å². The summed E-state index contributed by atoms with van der Waals surface area (Å²) in [6.07, 6.45) is 0.367. The highest BCUT2D eigenvalue weighted by Crippen LogP contribution is 2.38. The predicted octanol–water partition coefficient (Wildman–Crippen LogP) is 4.89. The van der Waals surface area contributed by atoms with Gasteiger partial charge in [-0.3, -0.25) is 4.79 Å². The van der Waals surface area contributed by atoms with Crippen LogP contribution in [0.1, 0.15) is 42.9 Å².